The Bertz CT molecular complexity index is 1000. The number of benzene rings is 2. The predicted molar refractivity (Wildman–Crippen MR) is 108 cm³/mol. The maximum atomic E-state index is 12.5. The Balaban J connectivity index is 1.69. The number of nitrogens with one attached hydrogen (secondary N) is 2. The van der Waals surface area contributed by atoms with Crippen LogP contribution in [0.3, 0.4) is 0 Å². The molecule has 6 heteroatoms. The predicted octanol–water partition coefficient (Wildman–Crippen LogP) is 3.58. The van der Waals surface area contributed by atoms with Crippen LogP contribution in [0.15, 0.2) is 67.0 Å². The fourth-order valence-corrected chi connectivity index (χ4v) is 2.72. The second-order valence-corrected chi connectivity index (χ2v) is 6.23. The molecule has 3 aromatic rings. The van der Waals surface area contributed by atoms with Crippen LogP contribution in [0.5, 0.6) is 5.75 Å². The number of pyridine rings is 1. The van der Waals surface area contributed by atoms with Gasteiger partial charge in [-0.25, -0.2) is 0 Å². The van der Waals surface area contributed by atoms with Crippen molar-refractivity contribution in [2.75, 3.05) is 12.4 Å². The van der Waals surface area contributed by atoms with E-state index in [0.717, 1.165) is 16.8 Å². The second kappa shape index (κ2) is 8.81. The van der Waals surface area contributed by atoms with E-state index < -0.39 is 0 Å². The third-order valence-corrected chi connectivity index (χ3v) is 4.29. The van der Waals surface area contributed by atoms with E-state index in [0.29, 0.717) is 23.4 Å². The highest BCUT2D eigenvalue weighted by Gasteiger charge is 2.13. The molecule has 0 radical (unpaired) electrons. The van der Waals surface area contributed by atoms with Crippen LogP contribution in [-0.2, 0) is 6.54 Å². The van der Waals surface area contributed by atoms with Crippen LogP contribution in [-0.4, -0.2) is 23.9 Å². The third kappa shape index (κ3) is 4.54. The highest BCUT2D eigenvalue weighted by molar-refractivity contribution is 6.06. The third-order valence-electron chi connectivity index (χ3n) is 4.29. The monoisotopic (exact) mass is 375 g/mol. The first-order valence-electron chi connectivity index (χ1n) is 8.80. The first kappa shape index (κ1) is 19.1. The summed E-state index contributed by atoms with van der Waals surface area (Å²) in [5, 5.41) is 5.66. The normalized spacial score (nSPS) is 10.2. The number of rotatable bonds is 6. The lowest BCUT2D eigenvalue weighted by Gasteiger charge is -2.10. The van der Waals surface area contributed by atoms with E-state index in [-0.39, 0.29) is 11.8 Å². The number of ether oxygens (including phenoxy) is 1. The average molecular weight is 375 g/mol. The largest absolute Gasteiger partial charge is 0.496 e. The van der Waals surface area contributed by atoms with Crippen LogP contribution in [0.2, 0.25) is 0 Å². The number of anilines is 1. The van der Waals surface area contributed by atoms with Crippen LogP contribution in [0, 0.1) is 6.92 Å². The fraction of sp³-hybridized carbons (Fsp3) is 0.136. The van der Waals surface area contributed by atoms with Gasteiger partial charge in [0.25, 0.3) is 11.8 Å². The lowest BCUT2D eigenvalue weighted by atomic mass is 10.1. The van der Waals surface area contributed by atoms with Crippen molar-refractivity contribution in [3.8, 4) is 5.75 Å². The Labute approximate surface area is 163 Å². The first-order chi connectivity index (χ1) is 13.6. The summed E-state index contributed by atoms with van der Waals surface area (Å²) in [6, 6.07) is 16.5. The van der Waals surface area contributed by atoms with Gasteiger partial charge in [-0.15, -0.1) is 0 Å². The van der Waals surface area contributed by atoms with Crippen LogP contribution in [0.25, 0.3) is 0 Å². The van der Waals surface area contributed by atoms with Gasteiger partial charge < -0.3 is 15.4 Å². The lowest BCUT2D eigenvalue weighted by molar-refractivity contribution is 0.0950. The van der Waals surface area contributed by atoms with Crippen molar-refractivity contribution in [1.82, 2.24) is 10.3 Å². The maximum Gasteiger partial charge on any atom is 0.257 e. The van der Waals surface area contributed by atoms with Gasteiger partial charge >= 0.3 is 0 Å². The molecule has 0 bridgehead atoms. The van der Waals surface area contributed by atoms with E-state index in [2.05, 4.69) is 15.6 Å². The Morgan fingerprint density at radius 2 is 1.64 bits per heavy atom. The number of amides is 2. The van der Waals surface area contributed by atoms with Crippen molar-refractivity contribution in [3.05, 3.63) is 89.2 Å². The number of aryl methyl sites for hydroxylation is 1. The summed E-state index contributed by atoms with van der Waals surface area (Å²) in [6.07, 6.45) is 2.87. The zero-order valence-corrected chi connectivity index (χ0v) is 15.7. The molecule has 0 unspecified atom stereocenters. The van der Waals surface area contributed by atoms with Crippen molar-refractivity contribution < 1.29 is 14.3 Å². The number of carbonyl (C=O) groups excluding carboxylic acids is 2. The number of para-hydroxylation sites is 2. The minimum absolute atomic E-state index is 0.308. The zero-order chi connectivity index (χ0) is 19.9. The maximum absolute atomic E-state index is 12.5. The Kier molecular flexibility index (Phi) is 6.01. The number of aromatic nitrogens is 1. The summed E-state index contributed by atoms with van der Waals surface area (Å²) in [6.45, 7) is 2.22. The summed E-state index contributed by atoms with van der Waals surface area (Å²) in [5.41, 5.74) is 3.16. The van der Waals surface area contributed by atoms with Gasteiger partial charge in [0, 0.05) is 30.2 Å². The van der Waals surface area contributed by atoms with Crippen LogP contribution in [0.4, 0.5) is 5.69 Å². The minimum Gasteiger partial charge on any atom is -0.496 e. The van der Waals surface area contributed by atoms with Gasteiger partial charge in [0.2, 0.25) is 0 Å². The molecule has 0 fully saturated rings. The van der Waals surface area contributed by atoms with Gasteiger partial charge in [0.05, 0.1) is 18.2 Å². The standard InChI is InChI=1S/C22H21N3O3/c1-15-7-3-5-9-19(15)25-22(27)18-11-17(12-23-13-18)21(26)24-14-16-8-4-6-10-20(16)28-2/h3-13H,14H2,1-2H3,(H,24,26)(H,25,27). The van der Waals surface area contributed by atoms with Crippen LogP contribution >= 0.6 is 0 Å². The summed E-state index contributed by atoms with van der Waals surface area (Å²) >= 11 is 0. The molecule has 3 rings (SSSR count). The number of nitrogens with zero attached hydrogens (tertiary/aromatic N) is 1. The number of carbonyl (C=O) groups is 2. The van der Waals surface area contributed by atoms with Gasteiger partial charge in [-0.05, 0) is 30.7 Å². The topological polar surface area (TPSA) is 80.3 Å². The molecule has 142 valence electrons. The summed E-state index contributed by atoms with van der Waals surface area (Å²) in [4.78, 5) is 29.0. The lowest BCUT2D eigenvalue weighted by Crippen LogP contribution is -2.24. The molecule has 2 N–H and O–H groups in total. The first-order valence-corrected chi connectivity index (χ1v) is 8.80. The van der Waals surface area contributed by atoms with Crippen LogP contribution < -0.4 is 15.4 Å². The highest BCUT2D eigenvalue weighted by atomic mass is 16.5. The fourth-order valence-electron chi connectivity index (χ4n) is 2.72. The van der Waals surface area contributed by atoms with Gasteiger partial charge in [-0.2, -0.15) is 0 Å². The second-order valence-electron chi connectivity index (χ2n) is 6.23. The Morgan fingerprint density at radius 3 is 2.39 bits per heavy atom. The Hall–Kier alpha value is -3.67. The smallest absolute Gasteiger partial charge is 0.257 e. The zero-order valence-electron chi connectivity index (χ0n) is 15.7. The molecule has 28 heavy (non-hydrogen) atoms. The molecule has 1 aromatic heterocycles. The average Bonchev–Trinajstić information content (AvgIpc) is 2.74. The van der Waals surface area contributed by atoms with Crippen molar-refractivity contribution in [1.29, 1.82) is 0 Å². The van der Waals surface area contributed by atoms with Crippen LogP contribution in [0.1, 0.15) is 31.8 Å². The molecule has 0 aliphatic heterocycles. The van der Waals surface area contributed by atoms with Gasteiger partial charge in [0.1, 0.15) is 5.75 Å². The number of hydrogen-bond donors (Lipinski definition) is 2. The van der Waals surface area contributed by atoms with E-state index in [1.807, 2.05) is 55.5 Å². The SMILES string of the molecule is COc1ccccc1CNC(=O)c1cncc(C(=O)Nc2ccccc2C)c1. The van der Waals surface area contributed by atoms with Crippen molar-refractivity contribution in [3.63, 3.8) is 0 Å². The molecule has 0 saturated carbocycles. The molecule has 2 amide bonds. The van der Waals surface area contributed by atoms with Crippen molar-refractivity contribution >= 4 is 17.5 Å². The van der Waals surface area contributed by atoms with E-state index in [1.54, 1.807) is 7.11 Å². The molecule has 6 nitrogen and oxygen atoms in total. The van der Waals surface area contributed by atoms with Gasteiger partial charge in [0.15, 0.2) is 0 Å². The Morgan fingerprint density at radius 1 is 0.964 bits per heavy atom. The molecule has 0 aliphatic carbocycles. The van der Waals surface area contributed by atoms with Crippen molar-refractivity contribution in [2.24, 2.45) is 0 Å². The summed E-state index contributed by atoms with van der Waals surface area (Å²) < 4.78 is 5.28. The molecule has 0 saturated heterocycles. The molecular weight excluding hydrogens is 354 g/mol. The highest BCUT2D eigenvalue weighted by Crippen LogP contribution is 2.17. The van der Waals surface area contributed by atoms with Gasteiger partial charge in [-0.3, -0.25) is 14.6 Å². The molecule has 2 aromatic carbocycles. The van der Waals surface area contributed by atoms with E-state index in [1.165, 1.54) is 18.5 Å². The quantitative estimate of drug-likeness (QED) is 0.690. The van der Waals surface area contributed by atoms with E-state index in [4.69, 9.17) is 4.74 Å². The molecule has 0 aliphatic rings. The summed E-state index contributed by atoms with van der Waals surface area (Å²) in [5.74, 6) is 0.0670. The number of methoxy groups -OCH3 is 1. The van der Waals surface area contributed by atoms with E-state index in [9.17, 15) is 9.59 Å². The molecule has 0 atom stereocenters. The molecule has 0 spiro atoms. The van der Waals surface area contributed by atoms with E-state index >= 15 is 0 Å². The summed E-state index contributed by atoms with van der Waals surface area (Å²) in [7, 11) is 1.58. The molecular formula is C22H21N3O3. The minimum atomic E-state index is -0.318. The van der Waals surface area contributed by atoms with Gasteiger partial charge in [-0.1, -0.05) is 36.4 Å². The van der Waals surface area contributed by atoms with Crippen molar-refractivity contribution in [2.45, 2.75) is 13.5 Å². The molecule has 1 heterocycles. The number of hydrogen-bond acceptors (Lipinski definition) is 4.